The number of carbonyl (C=O) groups excluding carboxylic acids is 2. The summed E-state index contributed by atoms with van der Waals surface area (Å²) in [5.41, 5.74) is 3.33. The highest BCUT2D eigenvalue weighted by molar-refractivity contribution is 8.16. The van der Waals surface area contributed by atoms with Gasteiger partial charge in [-0.05, 0) is 35.6 Å². The average Bonchev–Trinajstić information content (AvgIpc) is 3.32. The Balaban J connectivity index is 1.69. The van der Waals surface area contributed by atoms with Crippen LogP contribution in [0.4, 0.5) is 0 Å². The van der Waals surface area contributed by atoms with Crippen molar-refractivity contribution in [2.75, 3.05) is 34.5 Å². The number of fused-ring (bicyclic) bond motifs is 1. The fourth-order valence-electron chi connectivity index (χ4n) is 4.29. The zero-order valence-electron chi connectivity index (χ0n) is 21.9. The number of amides is 1. The average molecular weight is 538 g/mol. The number of hydrogen-bond donors (Lipinski definition) is 1. The predicted octanol–water partition coefficient (Wildman–Crippen LogP) is 4.17. The van der Waals surface area contributed by atoms with E-state index in [1.54, 1.807) is 34.3 Å². The number of amidine groups is 1. The molecule has 0 saturated heterocycles. The predicted molar refractivity (Wildman–Crippen MR) is 146 cm³/mol. The molecular weight excluding hydrogens is 506 g/mol. The molecule has 9 nitrogen and oxygen atoms in total. The smallest absolute Gasteiger partial charge is 0.338 e. The molecule has 1 amide bonds. The molecule has 2 aliphatic heterocycles. The van der Waals surface area contributed by atoms with Crippen LogP contribution in [0.15, 0.2) is 75.9 Å². The Morgan fingerprint density at radius 2 is 1.82 bits per heavy atom. The lowest BCUT2D eigenvalue weighted by Gasteiger charge is -2.36. The van der Waals surface area contributed by atoms with Crippen LogP contribution in [0, 0.1) is 0 Å². The summed E-state index contributed by atoms with van der Waals surface area (Å²) in [6.45, 7) is 2.76. The fraction of sp³-hybridized carbons (Fsp3) is 0.321. The molecule has 2 aromatic rings. The van der Waals surface area contributed by atoms with Crippen molar-refractivity contribution in [1.29, 1.82) is 0 Å². The van der Waals surface area contributed by atoms with Crippen LogP contribution in [0.5, 0.6) is 11.5 Å². The lowest BCUT2D eigenvalue weighted by molar-refractivity contribution is -0.141. The van der Waals surface area contributed by atoms with Gasteiger partial charge in [0.1, 0.15) is 6.61 Å². The van der Waals surface area contributed by atoms with Crippen molar-refractivity contribution in [1.82, 2.24) is 10.2 Å². The fourth-order valence-corrected chi connectivity index (χ4v) is 5.25. The highest BCUT2D eigenvalue weighted by atomic mass is 32.2. The first-order valence-electron chi connectivity index (χ1n) is 12.1. The molecule has 4 rings (SSSR count). The number of benzene rings is 2. The van der Waals surface area contributed by atoms with Crippen LogP contribution in [0.25, 0.3) is 0 Å². The lowest BCUT2D eigenvalue weighted by Crippen LogP contribution is -2.38. The summed E-state index contributed by atoms with van der Waals surface area (Å²) in [4.78, 5) is 32.9. The number of carbonyl (C=O) groups is 2. The van der Waals surface area contributed by atoms with Gasteiger partial charge in [-0.15, -0.1) is 0 Å². The molecule has 200 valence electrons. The van der Waals surface area contributed by atoms with E-state index in [0.717, 1.165) is 16.8 Å². The molecule has 10 heteroatoms. The van der Waals surface area contributed by atoms with Gasteiger partial charge in [-0.1, -0.05) is 48.2 Å². The number of ether oxygens (including phenoxy) is 4. The van der Waals surface area contributed by atoms with Gasteiger partial charge in [0.15, 0.2) is 16.7 Å². The van der Waals surface area contributed by atoms with Gasteiger partial charge in [-0.3, -0.25) is 4.79 Å². The number of rotatable bonds is 11. The third-order valence-electron chi connectivity index (χ3n) is 6.13. The Kier molecular flexibility index (Phi) is 9.09. The van der Waals surface area contributed by atoms with Crippen molar-refractivity contribution in [2.24, 2.45) is 4.99 Å². The molecule has 0 bridgehead atoms. The molecule has 0 aromatic heterocycles. The molecule has 1 atom stereocenters. The van der Waals surface area contributed by atoms with Crippen molar-refractivity contribution < 1.29 is 28.5 Å². The van der Waals surface area contributed by atoms with E-state index in [1.165, 1.54) is 11.8 Å². The summed E-state index contributed by atoms with van der Waals surface area (Å²) in [5.74, 6) is 0.466. The molecular formula is C28H31N3O6S. The topological polar surface area (TPSA) is 98.7 Å². The zero-order valence-corrected chi connectivity index (χ0v) is 22.7. The molecule has 0 saturated carbocycles. The lowest BCUT2D eigenvalue weighted by atomic mass is 9.93. The van der Waals surface area contributed by atoms with Crippen LogP contribution in [-0.4, -0.2) is 56.4 Å². The second kappa shape index (κ2) is 12.7. The van der Waals surface area contributed by atoms with E-state index < -0.39 is 12.0 Å². The maximum atomic E-state index is 13.6. The number of nitrogens with one attached hydrogen (secondary N) is 1. The summed E-state index contributed by atoms with van der Waals surface area (Å²) in [5, 5.41) is 5.43. The van der Waals surface area contributed by atoms with E-state index in [-0.39, 0.29) is 18.9 Å². The Bertz CT molecular complexity index is 1270. The van der Waals surface area contributed by atoms with E-state index >= 15 is 0 Å². The second-order valence-corrected chi connectivity index (χ2v) is 9.43. The Labute approximate surface area is 226 Å². The van der Waals surface area contributed by atoms with Crippen LogP contribution in [0.1, 0.15) is 30.5 Å². The van der Waals surface area contributed by atoms with E-state index in [2.05, 4.69) is 5.32 Å². The highest BCUT2D eigenvalue weighted by Crippen LogP contribution is 2.46. The Hall–Kier alpha value is -3.76. The molecule has 0 aliphatic carbocycles. The van der Waals surface area contributed by atoms with Gasteiger partial charge in [-0.2, -0.15) is 0 Å². The summed E-state index contributed by atoms with van der Waals surface area (Å²) in [6, 6.07) is 14.4. The standard InChI is InChI=1S/C28H31N3O6S/c1-18-25(27(33)37-16-19-8-6-5-7-9-19)26(20-10-11-22(35-3)23(14-20)36-4)31-21(17-38-28(31)30-18)15-24(32)29-12-13-34-2/h5-11,14,17,26H,12-13,15-16H2,1-4H3,(H,29,32). The van der Waals surface area contributed by atoms with Crippen molar-refractivity contribution in [3.63, 3.8) is 0 Å². The molecule has 38 heavy (non-hydrogen) atoms. The first kappa shape index (κ1) is 27.3. The minimum atomic E-state index is -0.585. The molecule has 0 fully saturated rings. The molecule has 2 heterocycles. The summed E-state index contributed by atoms with van der Waals surface area (Å²) >= 11 is 1.42. The van der Waals surface area contributed by atoms with Crippen molar-refractivity contribution in [2.45, 2.75) is 26.0 Å². The molecule has 1 unspecified atom stereocenters. The number of thioether (sulfide) groups is 1. The Morgan fingerprint density at radius 1 is 1.05 bits per heavy atom. The summed E-state index contributed by atoms with van der Waals surface area (Å²) in [7, 11) is 4.71. The third kappa shape index (κ3) is 6.03. The van der Waals surface area contributed by atoms with Crippen LogP contribution in [0.2, 0.25) is 0 Å². The van der Waals surface area contributed by atoms with Crippen molar-refractivity contribution in [3.8, 4) is 11.5 Å². The number of hydrogen-bond acceptors (Lipinski definition) is 9. The SMILES string of the molecule is COCCNC(=O)CC1=CSC2=NC(C)=C(C(=O)OCc3ccccc3)C(c3ccc(OC)c(OC)c3)N12. The highest BCUT2D eigenvalue weighted by Gasteiger charge is 2.41. The maximum absolute atomic E-state index is 13.6. The van der Waals surface area contributed by atoms with Gasteiger partial charge in [0.05, 0.1) is 44.6 Å². The van der Waals surface area contributed by atoms with Gasteiger partial charge in [0, 0.05) is 19.4 Å². The van der Waals surface area contributed by atoms with Gasteiger partial charge < -0.3 is 29.2 Å². The maximum Gasteiger partial charge on any atom is 0.338 e. The van der Waals surface area contributed by atoms with Crippen LogP contribution in [-0.2, 0) is 25.7 Å². The largest absolute Gasteiger partial charge is 0.493 e. The number of aliphatic imine (C=N–C) groups is 1. The molecule has 1 N–H and O–H groups in total. The van der Waals surface area contributed by atoms with Crippen molar-refractivity contribution in [3.05, 3.63) is 82.0 Å². The molecule has 2 aliphatic rings. The zero-order chi connectivity index (χ0) is 27.1. The summed E-state index contributed by atoms with van der Waals surface area (Å²) in [6.07, 6.45) is 0.116. The second-order valence-electron chi connectivity index (χ2n) is 8.59. The first-order chi connectivity index (χ1) is 18.5. The van der Waals surface area contributed by atoms with Crippen LogP contribution in [0.3, 0.4) is 0 Å². The van der Waals surface area contributed by atoms with E-state index in [1.807, 2.05) is 52.8 Å². The normalized spacial score (nSPS) is 16.4. The van der Waals surface area contributed by atoms with Crippen molar-refractivity contribution >= 4 is 28.8 Å². The van der Waals surface area contributed by atoms with Gasteiger partial charge >= 0.3 is 5.97 Å². The van der Waals surface area contributed by atoms with Crippen LogP contribution >= 0.6 is 11.8 Å². The summed E-state index contributed by atoms with van der Waals surface area (Å²) < 4.78 is 21.8. The number of allylic oxidation sites excluding steroid dienone is 1. The molecule has 0 radical (unpaired) electrons. The van der Waals surface area contributed by atoms with Gasteiger partial charge in [-0.25, -0.2) is 9.79 Å². The molecule has 2 aromatic carbocycles. The minimum Gasteiger partial charge on any atom is -0.493 e. The number of methoxy groups -OCH3 is 3. The van der Waals surface area contributed by atoms with Crippen LogP contribution < -0.4 is 14.8 Å². The van der Waals surface area contributed by atoms with E-state index in [9.17, 15) is 9.59 Å². The number of esters is 1. The third-order valence-corrected chi connectivity index (χ3v) is 7.02. The van der Waals surface area contributed by atoms with Gasteiger partial charge in [0.2, 0.25) is 5.91 Å². The number of nitrogens with zero attached hydrogens (tertiary/aromatic N) is 2. The van der Waals surface area contributed by atoms with E-state index in [0.29, 0.717) is 41.1 Å². The quantitative estimate of drug-likeness (QED) is 0.337. The van der Waals surface area contributed by atoms with Gasteiger partial charge in [0.25, 0.3) is 0 Å². The molecule has 0 spiro atoms. The first-order valence-corrected chi connectivity index (χ1v) is 13.0. The Morgan fingerprint density at radius 3 is 2.53 bits per heavy atom. The minimum absolute atomic E-state index is 0.116. The van der Waals surface area contributed by atoms with E-state index in [4.69, 9.17) is 23.9 Å². The monoisotopic (exact) mass is 537 g/mol.